The minimum atomic E-state index is 0.00683. The molecular weight excluding hydrogens is 312 g/mol. The van der Waals surface area contributed by atoms with Crippen LogP contribution in [0.25, 0.3) is 0 Å². The Labute approximate surface area is 143 Å². The highest BCUT2D eigenvalue weighted by Gasteiger charge is 2.27. The molecule has 2 fully saturated rings. The van der Waals surface area contributed by atoms with E-state index in [1.807, 2.05) is 29.2 Å². The van der Waals surface area contributed by atoms with Crippen LogP contribution in [0.1, 0.15) is 37.7 Å². The van der Waals surface area contributed by atoms with Crippen LogP contribution in [0.3, 0.4) is 0 Å². The highest BCUT2D eigenvalue weighted by atomic mass is 35.5. The number of carbonyl (C=O) groups excluding carboxylic acids is 1. The highest BCUT2D eigenvalue weighted by molar-refractivity contribution is 6.30. The van der Waals surface area contributed by atoms with Gasteiger partial charge in [0, 0.05) is 31.3 Å². The molecule has 1 aromatic rings. The predicted molar refractivity (Wildman–Crippen MR) is 91.6 cm³/mol. The number of hydrogen-bond donors (Lipinski definition) is 1. The van der Waals surface area contributed by atoms with Crippen LogP contribution in [-0.4, -0.2) is 36.7 Å². The maximum atomic E-state index is 12.6. The second kappa shape index (κ2) is 8.02. The third-order valence-electron chi connectivity index (χ3n) is 4.77. The summed E-state index contributed by atoms with van der Waals surface area (Å²) in [6, 6.07) is 7.61. The Kier molecular flexibility index (Phi) is 5.79. The fourth-order valence-corrected chi connectivity index (χ4v) is 3.41. The van der Waals surface area contributed by atoms with Gasteiger partial charge in [-0.2, -0.15) is 0 Å². The Morgan fingerprint density at radius 3 is 2.78 bits per heavy atom. The van der Waals surface area contributed by atoms with E-state index in [1.54, 1.807) is 0 Å². The monoisotopic (exact) mass is 336 g/mol. The van der Waals surface area contributed by atoms with Crippen molar-refractivity contribution in [2.45, 2.75) is 44.8 Å². The van der Waals surface area contributed by atoms with Crippen molar-refractivity contribution in [2.75, 3.05) is 19.7 Å². The van der Waals surface area contributed by atoms with Gasteiger partial charge in [0.05, 0.1) is 6.10 Å². The fraction of sp³-hybridized carbons (Fsp3) is 0.611. The lowest BCUT2D eigenvalue weighted by molar-refractivity contribution is 0.0720. The molecule has 23 heavy (non-hydrogen) atoms. The highest BCUT2D eigenvalue weighted by Crippen LogP contribution is 2.27. The smallest absolute Gasteiger partial charge is 0.317 e. The van der Waals surface area contributed by atoms with E-state index in [1.165, 1.54) is 19.3 Å². The van der Waals surface area contributed by atoms with Gasteiger partial charge in [0.15, 0.2) is 0 Å². The first-order valence-electron chi connectivity index (χ1n) is 8.59. The summed E-state index contributed by atoms with van der Waals surface area (Å²) in [5, 5.41) is 3.72. The lowest BCUT2D eigenvalue weighted by Crippen LogP contribution is -2.46. The molecule has 3 rings (SSSR count). The van der Waals surface area contributed by atoms with E-state index >= 15 is 0 Å². The number of nitrogens with one attached hydrogen (secondary N) is 1. The maximum Gasteiger partial charge on any atom is 0.317 e. The van der Waals surface area contributed by atoms with Gasteiger partial charge in [-0.1, -0.05) is 30.2 Å². The van der Waals surface area contributed by atoms with Crippen LogP contribution in [0.2, 0.25) is 5.02 Å². The summed E-state index contributed by atoms with van der Waals surface area (Å²) >= 11 is 5.99. The zero-order valence-electron chi connectivity index (χ0n) is 13.5. The number of urea groups is 1. The van der Waals surface area contributed by atoms with Crippen LogP contribution in [0.5, 0.6) is 0 Å². The summed E-state index contributed by atoms with van der Waals surface area (Å²) in [7, 11) is 0. The molecule has 1 saturated heterocycles. The summed E-state index contributed by atoms with van der Waals surface area (Å²) in [4.78, 5) is 14.5. The van der Waals surface area contributed by atoms with Crippen LogP contribution < -0.4 is 5.32 Å². The van der Waals surface area contributed by atoms with Crippen molar-refractivity contribution in [3.63, 3.8) is 0 Å². The van der Waals surface area contributed by atoms with E-state index in [4.69, 9.17) is 16.3 Å². The van der Waals surface area contributed by atoms with Crippen molar-refractivity contribution in [1.29, 1.82) is 0 Å². The molecule has 1 heterocycles. The third-order valence-corrected chi connectivity index (χ3v) is 5.01. The molecule has 4 nitrogen and oxygen atoms in total. The number of halogens is 1. The van der Waals surface area contributed by atoms with Crippen molar-refractivity contribution in [3.05, 3.63) is 34.9 Å². The summed E-state index contributed by atoms with van der Waals surface area (Å²) in [6.45, 7) is 2.89. The molecule has 2 aliphatic rings. The number of ether oxygens (including phenoxy) is 1. The van der Waals surface area contributed by atoms with Crippen molar-refractivity contribution < 1.29 is 9.53 Å². The predicted octanol–water partition coefficient (Wildman–Crippen LogP) is 3.83. The molecule has 0 bridgehead atoms. The van der Waals surface area contributed by atoms with Crippen LogP contribution in [-0.2, 0) is 11.3 Å². The Morgan fingerprint density at radius 2 is 2.13 bits per heavy atom. The van der Waals surface area contributed by atoms with Crippen LogP contribution in [0.15, 0.2) is 24.3 Å². The molecular formula is C18H25ClN2O2. The minimum Gasteiger partial charge on any atom is -0.376 e. The van der Waals surface area contributed by atoms with Crippen molar-refractivity contribution in [1.82, 2.24) is 10.2 Å². The summed E-state index contributed by atoms with van der Waals surface area (Å²) < 4.78 is 5.71. The SMILES string of the molecule is O=C(NCc1cccc(Cl)c1)N(CC1CCC1)C[C@@H]1CCCO1. The number of nitrogens with zero attached hydrogens (tertiary/aromatic N) is 1. The number of benzene rings is 1. The third kappa shape index (κ3) is 4.85. The second-order valence-electron chi connectivity index (χ2n) is 6.63. The van der Waals surface area contributed by atoms with Gasteiger partial charge in [0.2, 0.25) is 0 Å². The molecule has 1 saturated carbocycles. The molecule has 0 aromatic heterocycles. The molecule has 1 N–H and O–H groups in total. The van der Waals surface area contributed by atoms with Crippen molar-refractivity contribution in [3.8, 4) is 0 Å². The molecule has 126 valence electrons. The normalized spacial score (nSPS) is 21.0. The van der Waals surface area contributed by atoms with E-state index in [9.17, 15) is 4.79 Å². The molecule has 5 heteroatoms. The van der Waals surface area contributed by atoms with Gasteiger partial charge in [-0.3, -0.25) is 0 Å². The number of rotatable bonds is 6. The zero-order chi connectivity index (χ0) is 16.1. The van der Waals surface area contributed by atoms with E-state index in [0.717, 1.165) is 31.6 Å². The van der Waals surface area contributed by atoms with Gasteiger partial charge in [0.25, 0.3) is 0 Å². The standard InChI is InChI=1S/C18H25ClN2O2/c19-16-7-2-6-15(10-16)11-20-18(22)21(12-14-4-1-5-14)13-17-8-3-9-23-17/h2,6-7,10,14,17H,1,3-5,8-9,11-13H2,(H,20,22)/t17-/m0/s1. The van der Waals surface area contributed by atoms with E-state index < -0.39 is 0 Å². The maximum absolute atomic E-state index is 12.6. The Morgan fingerprint density at radius 1 is 1.26 bits per heavy atom. The Balaban J connectivity index is 1.54. The average molecular weight is 337 g/mol. The topological polar surface area (TPSA) is 41.6 Å². The molecule has 1 atom stereocenters. The average Bonchev–Trinajstić information content (AvgIpc) is 3.00. The summed E-state index contributed by atoms with van der Waals surface area (Å²) in [5.41, 5.74) is 1.02. The molecule has 0 radical (unpaired) electrons. The quantitative estimate of drug-likeness (QED) is 0.857. The minimum absolute atomic E-state index is 0.00683. The molecule has 2 amide bonds. The van der Waals surface area contributed by atoms with Crippen molar-refractivity contribution in [2.24, 2.45) is 5.92 Å². The van der Waals surface area contributed by atoms with Gasteiger partial charge in [-0.15, -0.1) is 0 Å². The molecule has 1 aliphatic carbocycles. The number of amides is 2. The Bertz CT molecular complexity index is 528. The lowest BCUT2D eigenvalue weighted by Gasteiger charge is -2.33. The van der Waals surface area contributed by atoms with E-state index in [-0.39, 0.29) is 12.1 Å². The first kappa shape index (κ1) is 16.6. The van der Waals surface area contributed by atoms with E-state index in [0.29, 0.717) is 24.0 Å². The van der Waals surface area contributed by atoms with Crippen molar-refractivity contribution >= 4 is 17.6 Å². The van der Waals surface area contributed by atoms with E-state index in [2.05, 4.69) is 5.32 Å². The summed E-state index contributed by atoms with van der Waals surface area (Å²) in [5.74, 6) is 0.660. The first-order valence-corrected chi connectivity index (χ1v) is 8.97. The molecule has 1 aliphatic heterocycles. The number of hydrogen-bond acceptors (Lipinski definition) is 2. The van der Waals surface area contributed by atoms with Gasteiger partial charge >= 0.3 is 6.03 Å². The van der Waals surface area contributed by atoms with Crippen LogP contribution in [0, 0.1) is 5.92 Å². The van der Waals surface area contributed by atoms with Gasteiger partial charge in [0.1, 0.15) is 0 Å². The van der Waals surface area contributed by atoms with Crippen LogP contribution in [0.4, 0.5) is 4.79 Å². The van der Waals surface area contributed by atoms with Gasteiger partial charge < -0.3 is 15.0 Å². The fourth-order valence-electron chi connectivity index (χ4n) is 3.20. The molecule has 1 aromatic carbocycles. The second-order valence-corrected chi connectivity index (χ2v) is 7.06. The summed E-state index contributed by atoms with van der Waals surface area (Å²) in [6.07, 6.45) is 6.14. The largest absolute Gasteiger partial charge is 0.376 e. The zero-order valence-corrected chi connectivity index (χ0v) is 14.2. The molecule has 0 unspecified atom stereocenters. The van der Waals surface area contributed by atoms with Crippen LogP contribution >= 0.6 is 11.6 Å². The van der Waals surface area contributed by atoms with Gasteiger partial charge in [-0.25, -0.2) is 4.79 Å². The number of carbonyl (C=O) groups is 1. The van der Waals surface area contributed by atoms with Gasteiger partial charge in [-0.05, 0) is 49.3 Å². The Hall–Kier alpha value is -1.26. The first-order chi connectivity index (χ1) is 11.2. The lowest BCUT2D eigenvalue weighted by atomic mass is 9.85. The molecule has 0 spiro atoms.